The maximum atomic E-state index is 14.5. The van der Waals surface area contributed by atoms with Gasteiger partial charge in [-0.1, -0.05) is 23.7 Å². The first-order chi connectivity index (χ1) is 16.1. The number of esters is 1. The Morgan fingerprint density at radius 3 is 2.11 bits per heavy atom. The Hall–Kier alpha value is -3.22. The fraction of sp³-hybridized carbons (Fsp3) is 0.333. The maximum absolute atomic E-state index is 14.5. The zero-order valence-corrected chi connectivity index (χ0v) is 19.0. The van der Waals surface area contributed by atoms with E-state index in [1.54, 1.807) is 6.92 Å². The highest BCUT2D eigenvalue weighted by molar-refractivity contribution is 6.33. The molecule has 0 amide bonds. The van der Waals surface area contributed by atoms with Crippen LogP contribution in [-0.4, -0.2) is 44.7 Å². The second kappa shape index (κ2) is 9.10. The lowest BCUT2D eigenvalue weighted by molar-refractivity contribution is -0.348. The Kier molecular flexibility index (Phi) is 6.86. The first-order valence-electron chi connectivity index (χ1n) is 9.81. The van der Waals surface area contributed by atoms with E-state index in [4.69, 9.17) is 16.3 Å². The molecular weight excluding hydrogens is 509 g/mol. The molecule has 0 atom stereocenters. The zero-order chi connectivity index (χ0) is 26.3. The van der Waals surface area contributed by atoms with Crippen LogP contribution in [0.5, 0.6) is 0 Å². The third-order valence-corrected chi connectivity index (χ3v) is 5.23. The van der Waals surface area contributed by atoms with Gasteiger partial charge in [-0.05, 0) is 31.9 Å². The van der Waals surface area contributed by atoms with Crippen molar-refractivity contribution in [1.29, 1.82) is 0 Å². The SMILES string of the molecule is CCOC(=O)c1nc(-c2cnn(-c3c(C)cc(C(F)(C(F)(F)F)C(F)(F)F)cc3C)c2)ncc1Cl. The van der Waals surface area contributed by atoms with Gasteiger partial charge in [0, 0.05) is 11.8 Å². The van der Waals surface area contributed by atoms with E-state index in [9.17, 15) is 35.5 Å². The van der Waals surface area contributed by atoms with Crippen LogP contribution in [0.1, 0.15) is 34.1 Å². The van der Waals surface area contributed by atoms with Gasteiger partial charge in [0.1, 0.15) is 0 Å². The number of halogens is 8. The highest BCUT2D eigenvalue weighted by atomic mass is 35.5. The molecule has 0 aliphatic heterocycles. The summed E-state index contributed by atoms with van der Waals surface area (Å²) in [4.78, 5) is 20.1. The van der Waals surface area contributed by atoms with Gasteiger partial charge in [0.2, 0.25) is 0 Å². The van der Waals surface area contributed by atoms with Crippen molar-refractivity contribution >= 4 is 17.6 Å². The molecule has 6 nitrogen and oxygen atoms in total. The minimum atomic E-state index is -6.23. The summed E-state index contributed by atoms with van der Waals surface area (Å²) in [5.74, 6) is -0.785. The van der Waals surface area contributed by atoms with Gasteiger partial charge in [-0.25, -0.2) is 23.8 Å². The van der Waals surface area contributed by atoms with Crippen LogP contribution in [0.4, 0.5) is 30.7 Å². The monoisotopic (exact) mass is 524 g/mol. The number of alkyl halides is 7. The quantitative estimate of drug-likeness (QED) is 0.299. The topological polar surface area (TPSA) is 69.9 Å². The van der Waals surface area contributed by atoms with Crippen LogP contribution < -0.4 is 0 Å². The maximum Gasteiger partial charge on any atom is 0.435 e. The van der Waals surface area contributed by atoms with Crippen molar-refractivity contribution < 1.29 is 40.3 Å². The van der Waals surface area contributed by atoms with E-state index in [0.29, 0.717) is 12.1 Å². The number of hydrogen-bond acceptors (Lipinski definition) is 5. The smallest absolute Gasteiger partial charge is 0.435 e. The summed E-state index contributed by atoms with van der Waals surface area (Å²) >= 11 is 5.94. The fourth-order valence-electron chi connectivity index (χ4n) is 3.41. The van der Waals surface area contributed by atoms with E-state index in [0.717, 1.165) is 10.9 Å². The summed E-state index contributed by atoms with van der Waals surface area (Å²) in [7, 11) is 0. The summed E-state index contributed by atoms with van der Waals surface area (Å²) in [6, 6.07) is 0.949. The molecule has 0 N–H and O–H groups in total. The van der Waals surface area contributed by atoms with Crippen LogP contribution in [0.2, 0.25) is 5.02 Å². The van der Waals surface area contributed by atoms with Crippen molar-refractivity contribution in [2.24, 2.45) is 0 Å². The molecule has 0 saturated carbocycles. The molecule has 0 bridgehead atoms. The molecule has 0 fully saturated rings. The third-order valence-electron chi connectivity index (χ3n) is 4.95. The standard InChI is InChI=1S/C21H16ClF7N4O2/c1-4-35-18(34)15-14(22)8-30-17(32-15)12-7-31-33(9-12)16-10(2)5-13(6-11(16)3)19(23,20(24,25)26)21(27,28)29/h5-9H,4H2,1-3H3. The van der Waals surface area contributed by atoms with Gasteiger partial charge in [-0.15, -0.1) is 0 Å². The number of nitrogens with zero attached hydrogens (tertiary/aromatic N) is 4. The molecule has 0 unspecified atom stereocenters. The first kappa shape index (κ1) is 26.4. The Morgan fingerprint density at radius 1 is 1.03 bits per heavy atom. The van der Waals surface area contributed by atoms with E-state index < -0.39 is 29.6 Å². The van der Waals surface area contributed by atoms with E-state index >= 15 is 0 Å². The zero-order valence-electron chi connectivity index (χ0n) is 18.2. The first-order valence-corrected chi connectivity index (χ1v) is 10.2. The molecular formula is C21H16ClF7N4O2. The van der Waals surface area contributed by atoms with Crippen LogP contribution >= 0.6 is 11.6 Å². The minimum Gasteiger partial charge on any atom is -0.461 e. The van der Waals surface area contributed by atoms with E-state index in [2.05, 4.69) is 15.1 Å². The van der Waals surface area contributed by atoms with Gasteiger partial charge in [0.15, 0.2) is 11.5 Å². The number of aromatic nitrogens is 4. The average Bonchev–Trinajstić information content (AvgIpc) is 3.21. The Morgan fingerprint density at radius 2 is 1.60 bits per heavy atom. The Balaban J connectivity index is 2.06. The molecule has 2 heterocycles. The summed E-state index contributed by atoms with van der Waals surface area (Å²) in [5.41, 5.74) is -7.19. The van der Waals surface area contributed by atoms with Crippen molar-refractivity contribution in [2.75, 3.05) is 6.61 Å². The van der Waals surface area contributed by atoms with Crippen molar-refractivity contribution in [3.05, 3.63) is 58.1 Å². The predicted molar refractivity (Wildman–Crippen MR) is 110 cm³/mol. The van der Waals surface area contributed by atoms with E-state index in [1.807, 2.05) is 0 Å². The van der Waals surface area contributed by atoms with Gasteiger partial charge in [-0.2, -0.15) is 31.4 Å². The lowest BCUT2D eigenvalue weighted by Crippen LogP contribution is -2.50. The number of carbonyl (C=O) groups excluding carboxylic acids is 1. The minimum absolute atomic E-state index is 0.00699. The number of carbonyl (C=O) groups is 1. The van der Waals surface area contributed by atoms with Crippen molar-refractivity contribution in [2.45, 2.75) is 38.8 Å². The molecule has 14 heteroatoms. The molecule has 2 aromatic heterocycles. The van der Waals surface area contributed by atoms with Crippen LogP contribution in [0.25, 0.3) is 17.1 Å². The van der Waals surface area contributed by atoms with Gasteiger partial charge >= 0.3 is 24.0 Å². The Labute approximate surface area is 198 Å². The molecule has 3 rings (SSSR count). The van der Waals surface area contributed by atoms with Gasteiger partial charge < -0.3 is 4.74 Å². The van der Waals surface area contributed by atoms with Crippen molar-refractivity contribution in [3.63, 3.8) is 0 Å². The molecule has 0 aliphatic carbocycles. The van der Waals surface area contributed by atoms with Gasteiger partial charge in [0.25, 0.3) is 0 Å². The number of hydrogen-bond donors (Lipinski definition) is 0. The molecule has 35 heavy (non-hydrogen) atoms. The molecule has 0 spiro atoms. The van der Waals surface area contributed by atoms with Crippen LogP contribution in [0, 0.1) is 13.8 Å². The largest absolute Gasteiger partial charge is 0.461 e. The number of benzene rings is 1. The summed E-state index contributed by atoms with van der Waals surface area (Å²) in [5, 5.41) is 3.99. The average molecular weight is 525 g/mol. The van der Waals surface area contributed by atoms with Gasteiger partial charge in [0.05, 0.1) is 35.3 Å². The van der Waals surface area contributed by atoms with Gasteiger partial charge in [-0.3, -0.25) is 0 Å². The van der Waals surface area contributed by atoms with E-state index in [-0.39, 0.29) is 45.5 Å². The molecule has 0 saturated heterocycles. The van der Waals surface area contributed by atoms with Crippen LogP contribution in [0.3, 0.4) is 0 Å². The predicted octanol–water partition coefficient (Wildman–Crippen LogP) is 6.07. The summed E-state index contributed by atoms with van der Waals surface area (Å²) in [6.45, 7) is 4.10. The number of ether oxygens (including phenoxy) is 1. The van der Waals surface area contributed by atoms with Crippen molar-refractivity contribution in [1.82, 2.24) is 19.7 Å². The molecule has 0 radical (unpaired) electrons. The van der Waals surface area contributed by atoms with Crippen LogP contribution in [-0.2, 0) is 10.4 Å². The molecule has 0 aliphatic rings. The summed E-state index contributed by atoms with van der Waals surface area (Å²) in [6.07, 6.45) is -8.70. The molecule has 3 aromatic rings. The highest BCUT2D eigenvalue weighted by Gasteiger charge is 2.73. The van der Waals surface area contributed by atoms with E-state index in [1.165, 1.54) is 26.2 Å². The second-order valence-corrected chi connectivity index (χ2v) is 7.80. The molecule has 1 aromatic carbocycles. The van der Waals surface area contributed by atoms with Crippen LogP contribution in [0.15, 0.2) is 30.7 Å². The number of aryl methyl sites for hydroxylation is 2. The number of rotatable bonds is 5. The third kappa shape index (κ3) is 4.68. The summed E-state index contributed by atoms with van der Waals surface area (Å²) < 4.78 is 99.5. The highest BCUT2D eigenvalue weighted by Crippen LogP contribution is 2.53. The van der Waals surface area contributed by atoms with Crippen molar-refractivity contribution in [3.8, 4) is 17.1 Å². The molecule has 188 valence electrons. The lowest BCUT2D eigenvalue weighted by Gasteiger charge is -2.31. The normalized spacial score (nSPS) is 12.7. The lowest BCUT2D eigenvalue weighted by atomic mass is 9.90. The fourth-order valence-corrected chi connectivity index (χ4v) is 3.58. The second-order valence-electron chi connectivity index (χ2n) is 7.40. The Bertz CT molecular complexity index is 1230.